The van der Waals surface area contributed by atoms with Gasteiger partial charge in [-0.1, -0.05) is 0 Å². The van der Waals surface area contributed by atoms with E-state index in [4.69, 9.17) is 0 Å². The normalized spacial score (nSPS) is 13.1. The maximum absolute atomic E-state index is 11.8. The summed E-state index contributed by atoms with van der Waals surface area (Å²) >= 11 is 0. The molecule has 0 spiro atoms. The second-order valence-electron chi connectivity index (χ2n) is 3.40. The molecule has 0 saturated heterocycles. The van der Waals surface area contributed by atoms with Gasteiger partial charge in [0.2, 0.25) is 0 Å². The van der Waals surface area contributed by atoms with Crippen molar-refractivity contribution < 1.29 is 35.8 Å². The number of alkyl halides is 6. The third kappa shape index (κ3) is 7.34. The van der Waals surface area contributed by atoms with Crippen LogP contribution in [0.5, 0.6) is 11.5 Å². The largest absolute Gasteiger partial charge is 0.465 e. The van der Waals surface area contributed by atoms with Crippen molar-refractivity contribution in [2.75, 3.05) is 0 Å². The SMILES string of the molecule is FC(F)(F)C=COc1ccc(OC=CC(F)(F)F)cc1. The summed E-state index contributed by atoms with van der Waals surface area (Å²) in [5.74, 6) is 0.162. The van der Waals surface area contributed by atoms with Crippen LogP contribution in [0.3, 0.4) is 0 Å². The maximum Gasteiger partial charge on any atom is 0.412 e. The molecule has 110 valence electrons. The van der Waals surface area contributed by atoms with Gasteiger partial charge >= 0.3 is 12.4 Å². The minimum Gasteiger partial charge on any atom is -0.465 e. The number of halogens is 6. The van der Waals surface area contributed by atoms with Gasteiger partial charge in [0.15, 0.2) is 0 Å². The molecule has 0 bridgehead atoms. The molecule has 0 aliphatic heterocycles. The van der Waals surface area contributed by atoms with Gasteiger partial charge in [-0.25, -0.2) is 0 Å². The summed E-state index contributed by atoms with van der Waals surface area (Å²) in [6.45, 7) is 0. The minimum atomic E-state index is -4.48. The van der Waals surface area contributed by atoms with Crippen LogP contribution in [0.1, 0.15) is 0 Å². The van der Waals surface area contributed by atoms with Gasteiger partial charge in [0.05, 0.1) is 24.7 Å². The maximum atomic E-state index is 11.8. The summed E-state index contributed by atoms with van der Waals surface area (Å²) in [6.07, 6.45) is -8.23. The van der Waals surface area contributed by atoms with E-state index >= 15 is 0 Å². The van der Waals surface area contributed by atoms with E-state index in [1.807, 2.05) is 0 Å². The second-order valence-corrected chi connectivity index (χ2v) is 3.40. The Morgan fingerprint density at radius 1 is 0.650 bits per heavy atom. The number of hydrogen-bond donors (Lipinski definition) is 0. The molecule has 8 heteroatoms. The molecule has 0 saturated carbocycles. The van der Waals surface area contributed by atoms with Crippen molar-refractivity contribution in [3.05, 3.63) is 48.9 Å². The lowest BCUT2D eigenvalue weighted by atomic mass is 10.3. The number of benzene rings is 1. The molecular weight excluding hydrogens is 290 g/mol. The van der Waals surface area contributed by atoms with Gasteiger partial charge in [-0.2, -0.15) is 26.3 Å². The Kier molecular flexibility index (Phi) is 5.06. The van der Waals surface area contributed by atoms with Gasteiger partial charge in [0.25, 0.3) is 0 Å². The zero-order chi connectivity index (χ0) is 15.2. The number of rotatable bonds is 4. The van der Waals surface area contributed by atoms with Crippen LogP contribution in [0.25, 0.3) is 0 Å². The van der Waals surface area contributed by atoms with E-state index in [0.29, 0.717) is 12.5 Å². The number of ether oxygens (including phenoxy) is 2. The number of allylic oxidation sites excluding steroid dienone is 2. The molecule has 2 nitrogen and oxygen atoms in total. The molecule has 0 unspecified atom stereocenters. The Morgan fingerprint density at radius 2 is 0.950 bits per heavy atom. The molecule has 0 radical (unpaired) electrons. The Labute approximate surface area is 109 Å². The molecule has 1 aromatic rings. The molecule has 0 heterocycles. The highest BCUT2D eigenvalue weighted by Gasteiger charge is 2.22. The summed E-state index contributed by atoms with van der Waals surface area (Å²) in [5, 5.41) is 0. The van der Waals surface area contributed by atoms with E-state index in [1.54, 1.807) is 0 Å². The summed E-state index contributed by atoms with van der Waals surface area (Å²) in [6, 6.07) is 4.99. The molecule has 0 aliphatic rings. The van der Waals surface area contributed by atoms with E-state index < -0.39 is 12.4 Å². The van der Waals surface area contributed by atoms with Crippen LogP contribution >= 0.6 is 0 Å². The minimum absolute atomic E-state index is 0.0812. The second kappa shape index (κ2) is 6.36. The van der Waals surface area contributed by atoms with Gasteiger partial charge in [0, 0.05) is 0 Å². The highest BCUT2D eigenvalue weighted by molar-refractivity contribution is 5.32. The van der Waals surface area contributed by atoms with Gasteiger partial charge in [0.1, 0.15) is 11.5 Å². The van der Waals surface area contributed by atoms with E-state index in [1.165, 1.54) is 24.3 Å². The fourth-order valence-corrected chi connectivity index (χ4v) is 0.976. The molecule has 20 heavy (non-hydrogen) atoms. The van der Waals surface area contributed by atoms with Crippen LogP contribution < -0.4 is 9.47 Å². The van der Waals surface area contributed by atoms with E-state index in [0.717, 1.165) is 0 Å². The summed E-state index contributed by atoms with van der Waals surface area (Å²) in [5.41, 5.74) is 0. The first-order valence-corrected chi connectivity index (χ1v) is 5.08. The smallest absolute Gasteiger partial charge is 0.412 e. The zero-order valence-electron chi connectivity index (χ0n) is 9.70. The monoisotopic (exact) mass is 298 g/mol. The molecule has 0 fully saturated rings. The van der Waals surface area contributed by atoms with Crippen molar-refractivity contribution in [3.8, 4) is 11.5 Å². The molecule has 0 amide bonds. The van der Waals surface area contributed by atoms with E-state index in [-0.39, 0.29) is 23.7 Å². The van der Waals surface area contributed by atoms with Crippen LogP contribution in [-0.2, 0) is 0 Å². The Morgan fingerprint density at radius 3 is 1.20 bits per heavy atom. The molecule has 1 rings (SSSR count). The van der Waals surface area contributed by atoms with Crippen molar-refractivity contribution in [2.45, 2.75) is 12.4 Å². The molecule has 0 aromatic heterocycles. The first-order valence-electron chi connectivity index (χ1n) is 5.08. The van der Waals surface area contributed by atoms with Gasteiger partial charge in [-0.05, 0) is 24.3 Å². The molecule has 0 atom stereocenters. The predicted molar refractivity (Wildman–Crippen MR) is 58.1 cm³/mol. The molecule has 1 aromatic carbocycles. The Hall–Kier alpha value is -2.12. The van der Waals surface area contributed by atoms with E-state index in [9.17, 15) is 26.3 Å². The molecule has 0 N–H and O–H groups in total. The highest BCUT2D eigenvalue weighted by Crippen LogP contribution is 2.21. The molecule has 0 aliphatic carbocycles. The first-order chi connectivity index (χ1) is 9.16. The fourth-order valence-electron chi connectivity index (χ4n) is 0.976. The average Bonchev–Trinajstić information content (AvgIpc) is 2.28. The van der Waals surface area contributed by atoms with Gasteiger partial charge in [-0.15, -0.1) is 0 Å². The topological polar surface area (TPSA) is 18.5 Å². The first kappa shape index (κ1) is 15.9. The molecular formula is C12H8F6O2. The fraction of sp³-hybridized carbons (Fsp3) is 0.167. The summed E-state index contributed by atoms with van der Waals surface area (Å²) < 4.78 is 79.9. The lowest BCUT2D eigenvalue weighted by Gasteiger charge is -2.04. The zero-order valence-corrected chi connectivity index (χ0v) is 9.70. The third-order valence-corrected chi connectivity index (χ3v) is 1.75. The van der Waals surface area contributed by atoms with Crippen molar-refractivity contribution in [1.29, 1.82) is 0 Å². The summed E-state index contributed by atoms with van der Waals surface area (Å²) in [4.78, 5) is 0. The highest BCUT2D eigenvalue weighted by atomic mass is 19.4. The van der Waals surface area contributed by atoms with Crippen LogP contribution in [0.4, 0.5) is 26.3 Å². The van der Waals surface area contributed by atoms with Crippen molar-refractivity contribution in [2.24, 2.45) is 0 Å². The van der Waals surface area contributed by atoms with Crippen LogP contribution in [0.2, 0.25) is 0 Å². The predicted octanol–water partition coefficient (Wildman–Crippen LogP) is 4.60. The van der Waals surface area contributed by atoms with Crippen LogP contribution in [0, 0.1) is 0 Å². The number of hydrogen-bond acceptors (Lipinski definition) is 2. The lowest BCUT2D eigenvalue weighted by Crippen LogP contribution is -2.01. The Bertz CT molecular complexity index is 425. The average molecular weight is 298 g/mol. The standard InChI is InChI=1S/C12H8F6O2/c13-11(14,15)5-7-19-9-1-2-10(4-3-9)20-8-6-12(16,17)18/h1-8H. The van der Waals surface area contributed by atoms with Crippen LogP contribution in [0.15, 0.2) is 48.9 Å². The van der Waals surface area contributed by atoms with Crippen molar-refractivity contribution in [3.63, 3.8) is 0 Å². The third-order valence-electron chi connectivity index (χ3n) is 1.75. The summed E-state index contributed by atoms with van der Waals surface area (Å²) in [7, 11) is 0. The van der Waals surface area contributed by atoms with Crippen molar-refractivity contribution in [1.82, 2.24) is 0 Å². The lowest BCUT2D eigenvalue weighted by molar-refractivity contribution is -0.0819. The van der Waals surface area contributed by atoms with Gasteiger partial charge < -0.3 is 9.47 Å². The van der Waals surface area contributed by atoms with E-state index in [2.05, 4.69) is 9.47 Å². The van der Waals surface area contributed by atoms with Crippen molar-refractivity contribution >= 4 is 0 Å². The van der Waals surface area contributed by atoms with Gasteiger partial charge in [-0.3, -0.25) is 0 Å². The Balaban J connectivity index is 2.53. The van der Waals surface area contributed by atoms with Crippen LogP contribution in [-0.4, -0.2) is 12.4 Å². The quantitative estimate of drug-likeness (QED) is 0.597.